The number of amides is 1. The second-order valence-corrected chi connectivity index (χ2v) is 6.62. The normalized spacial score (nSPS) is 16.2. The molecule has 112 valence electrons. The van der Waals surface area contributed by atoms with Gasteiger partial charge in [0.25, 0.3) is 5.91 Å². The van der Waals surface area contributed by atoms with Crippen LogP contribution >= 0.6 is 39.9 Å². The summed E-state index contributed by atoms with van der Waals surface area (Å²) in [5, 5.41) is 2.59. The van der Waals surface area contributed by atoms with E-state index in [9.17, 15) is 4.79 Å². The van der Waals surface area contributed by atoms with E-state index in [4.69, 9.17) is 21.7 Å². The van der Waals surface area contributed by atoms with Gasteiger partial charge in [0.15, 0.2) is 11.5 Å². The van der Waals surface area contributed by atoms with Gasteiger partial charge in [-0.1, -0.05) is 24.0 Å². The lowest BCUT2D eigenvalue weighted by Gasteiger charge is -2.13. The molecule has 1 amide bonds. The molecule has 1 heterocycles. The van der Waals surface area contributed by atoms with Crippen LogP contribution in [0.5, 0.6) is 11.5 Å². The summed E-state index contributed by atoms with van der Waals surface area (Å²) in [6.45, 7) is 4.91. The van der Waals surface area contributed by atoms with E-state index in [1.54, 1.807) is 6.08 Å². The first-order chi connectivity index (χ1) is 10.0. The van der Waals surface area contributed by atoms with Crippen LogP contribution in [0.4, 0.5) is 0 Å². The van der Waals surface area contributed by atoms with Gasteiger partial charge >= 0.3 is 0 Å². The number of ether oxygens (including phenoxy) is 2. The lowest BCUT2D eigenvalue weighted by molar-refractivity contribution is -0.115. The van der Waals surface area contributed by atoms with Crippen LogP contribution in [0.1, 0.15) is 19.4 Å². The number of carbonyl (C=O) groups is 1. The van der Waals surface area contributed by atoms with Gasteiger partial charge in [-0.15, -0.1) is 0 Å². The third-order valence-electron chi connectivity index (χ3n) is 2.56. The molecule has 21 heavy (non-hydrogen) atoms. The maximum Gasteiger partial charge on any atom is 0.263 e. The molecule has 0 bridgehead atoms. The van der Waals surface area contributed by atoms with Crippen LogP contribution in [-0.4, -0.2) is 23.4 Å². The number of nitrogens with one attached hydrogen (secondary N) is 1. The molecule has 0 radical (unpaired) electrons. The standard InChI is InChI=1S/C14H14BrNO3S2/c1-3-18-10-6-8(5-9(15)12(10)19-4-2)7-11-13(17)16-14(20)21-11/h5-7H,3-4H2,1-2H3,(H,16,17,20)/b11-7-. The molecule has 1 aliphatic heterocycles. The van der Waals surface area contributed by atoms with E-state index in [1.165, 1.54) is 11.8 Å². The van der Waals surface area contributed by atoms with Crippen LogP contribution in [0.15, 0.2) is 21.5 Å². The summed E-state index contributed by atoms with van der Waals surface area (Å²) < 4.78 is 12.5. The highest BCUT2D eigenvalue weighted by Gasteiger charge is 2.22. The lowest BCUT2D eigenvalue weighted by Crippen LogP contribution is -2.17. The van der Waals surface area contributed by atoms with Crippen LogP contribution < -0.4 is 14.8 Å². The molecule has 2 rings (SSSR count). The van der Waals surface area contributed by atoms with Gasteiger partial charge in [-0.25, -0.2) is 0 Å². The molecule has 1 aromatic rings. The predicted octanol–water partition coefficient (Wildman–Crippen LogP) is 3.74. The third kappa shape index (κ3) is 3.99. The van der Waals surface area contributed by atoms with E-state index < -0.39 is 0 Å². The van der Waals surface area contributed by atoms with Crippen molar-refractivity contribution in [1.29, 1.82) is 0 Å². The number of thioether (sulfide) groups is 1. The van der Waals surface area contributed by atoms with Gasteiger partial charge in [0, 0.05) is 0 Å². The Bertz CT molecular complexity index is 616. The molecule has 1 saturated heterocycles. The fraction of sp³-hybridized carbons (Fsp3) is 0.286. The first-order valence-electron chi connectivity index (χ1n) is 6.39. The van der Waals surface area contributed by atoms with Crippen LogP contribution in [0, 0.1) is 0 Å². The number of rotatable bonds is 5. The molecule has 1 aromatic carbocycles. The van der Waals surface area contributed by atoms with Gasteiger partial charge < -0.3 is 14.8 Å². The fourth-order valence-electron chi connectivity index (χ4n) is 1.79. The molecule has 0 spiro atoms. The summed E-state index contributed by atoms with van der Waals surface area (Å²) in [5.74, 6) is 1.14. The monoisotopic (exact) mass is 387 g/mol. The van der Waals surface area contributed by atoms with E-state index in [0.717, 1.165) is 10.0 Å². The molecule has 4 nitrogen and oxygen atoms in total. The molecule has 0 unspecified atom stereocenters. The lowest BCUT2D eigenvalue weighted by atomic mass is 10.2. The minimum absolute atomic E-state index is 0.173. The Kier molecular flexibility index (Phi) is 5.66. The average molecular weight is 388 g/mol. The molecular weight excluding hydrogens is 374 g/mol. The minimum Gasteiger partial charge on any atom is -0.490 e. The minimum atomic E-state index is -0.173. The second kappa shape index (κ2) is 7.29. The van der Waals surface area contributed by atoms with Gasteiger partial charge in [-0.2, -0.15) is 0 Å². The van der Waals surface area contributed by atoms with E-state index in [0.29, 0.717) is 33.9 Å². The highest BCUT2D eigenvalue weighted by Crippen LogP contribution is 2.38. The smallest absolute Gasteiger partial charge is 0.263 e. The van der Waals surface area contributed by atoms with Crippen molar-refractivity contribution < 1.29 is 14.3 Å². The molecule has 0 aliphatic carbocycles. The first-order valence-corrected chi connectivity index (χ1v) is 8.41. The Labute approximate surface area is 141 Å². The zero-order valence-electron chi connectivity index (χ0n) is 11.6. The van der Waals surface area contributed by atoms with E-state index in [-0.39, 0.29) is 5.91 Å². The van der Waals surface area contributed by atoms with E-state index in [2.05, 4.69) is 21.2 Å². The van der Waals surface area contributed by atoms with Crippen molar-refractivity contribution in [3.05, 3.63) is 27.1 Å². The number of thiocarbonyl (C=S) groups is 1. The summed E-state index contributed by atoms with van der Waals surface area (Å²) in [5.41, 5.74) is 0.844. The largest absolute Gasteiger partial charge is 0.490 e. The Hall–Kier alpha value is -1.05. The number of hydrogen-bond donors (Lipinski definition) is 1. The quantitative estimate of drug-likeness (QED) is 0.615. The Morgan fingerprint density at radius 1 is 1.33 bits per heavy atom. The van der Waals surface area contributed by atoms with Crippen molar-refractivity contribution in [2.45, 2.75) is 13.8 Å². The molecule has 7 heteroatoms. The highest BCUT2D eigenvalue weighted by molar-refractivity contribution is 9.10. The maximum atomic E-state index is 11.7. The summed E-state index contributed by atoms with van der Waals surface area (Å²) in [4.78, 5) is 12.3. The van der Waals surface area contributed by atoms with Crippen LogP contribution in [0.25, 0.3) is 6.08 Å². The summed E-state index contributed by atoms with van der Waals surface area (Å²) in [6, 6.07) is 3.73. The molecule has 0 atom stereocenters. The molecular formula is C14H14BrNO3S2. The molecule has 1 N–H and O–H groups in total. The Balaban J connectivity index is 2.39. The molecule has 0 saturated carbocycles. The van der Waals surface area contributed by atoms with Crippen molar-refractivity contribution in [2.75, 3.05) is 13.2 Å². The zero-order chi connectivity index (χ0) is 15.4. The highest BCUT2D eigenvalue weighted by atomic mass is 79.9. The van der Waals surface area contributed by atoms with Crippen LogP contribution in [0.2, 0.25) is 0 Å². The zero-order valence-corrected chi connectivity index (χ0v) is 14.8. The van der Waals surface area contributed by atoms with Crippen molar-refractivity contribution in [2.24, 2.45) is 0 Å². The Morgan fingerprint density at radius 3 is 2.62 bits per heavy atom. The van der Waals surface area contributed by atoms with Gasteiger partial charge in [-0.3, -0.25) is 4.79 Å². The van der Waals surface area contributed by atoms with Gasteiger partial charge in [0.05, 0.1) is 22.6 Å². The van der Waals surface area contributed by atoms with Crippen molar-refractivity contribution in [3.63, 3.8) is 0 Å². The predicted molar refractivity (Wildman–Crippen MR) is 92.8 cm³/mol. The molecule has 0 aromatic heterocycles. The summed E-state index contributed by atoms with van der Waals surface area (Å²) >= 11 is 9.70. The number of hydrogen-bond acceptors (Lipinski definition) is 5. The van der Waals surface area contributed by atoms with Gasteiger partial charge in [-0.05, 0) is 53.5 Å². The van der Waals surface area contributed by atoms with Crippen LogP contribution in [0.3, 0.4) is 0 Å². The van der Waals surface area contributed by atoms with Gasteiger partial charge in [0.1, 0.15) is 4.32 Å². The summed E-state index contributed by atoms with van der Waals surface area (Å²) in [7, 11) is 0. The first kappa shape index (κ1) is 16.3. The summed E-state index contributed by atoms with van der Waals surface area (Å²) in [6.07, 6.45) is 1.78. The Morgan fingerprint density at radius 2 is 2.05 bits per heavy atom. The van der Waals surface area contributed by atoms with Crippen molar-refractivity contribution in [1.82, 2.24) is 5.32 Å². The molecule has 1 aliphatic rings. The van der Waals surface area contributed by atoms with E-state index >= 15 is 0 Å². The number of carbonyl (C=O) groups excluding carboxylic acids is 1. The average Bonchev–Trinajstić information content (AvgIpc) is 2.72. The second-order valence-electron chi connectivity index (χ2n) is 4.05. The van der Waals surface area contributed by atoms with E-state index in [1.807, 2.05) is 26.0 Å². The maximum absolute atomic E-state index is 11.7. The van der Waals surface area contributed by atoms with Crippen molar-refractivity contribution in [3.8, 4) is 11.5 Å². The third-order valence-corrected chi connectivity index (χ3v) is 4.31. The number of halogens is 1. The van der Waals surface area contributed by atoms with Gasteiger partial charge in [0.2, 0.25) is 0 Å². The fourth-order valence-corrected chi connectivity index (χ4v) is 3.41. The van der Waals surface area contributed by atoms with Crippen molar-refractivity contribution >= 4 is 56.2 Å². The van der Waals surface area contributed by atoms with Crippen LogP contribution in [-0.2, 0) is 4.79 Å². The number of benzene rings is 1. The molecule has 1 fully saturated rings. The SMILES string of the molecule is CCOc1cc(/C=C2\SC(=S)NC2=O)cc(Br)c1OCC. The topological polar surface area (TPSA) is 47.6 Å².